The number of aryl methyl sites for hydroxylation is 1. The molecule has 2 aromatic rings. The first-order valence-corrected chi connectivity index (χ1v) is 10.1. The molecular formula is C21H21ClN2O2S. The van der Waals surface area contributed by atoms with Gasteiger partial charge in [-0.25, -0.2) is 4.99 Å². The second-order valence-electron chi connectivity index (χ2n) is 5.91. The van der Waals surface area contributed by atoms with Gasteiger partial charge in [0, 0.05) is 0 Å². The molecule has 140 valence electrons. The van der Waals surface area contributed by atoms with Gasteiger partial charge in [0.15, 0.2) is 5.17 Å². The van der Waals surface area contributed by atoms with E-state index in [4.69, 9.17) is 16.3 Å². The van der Waals surface area contributed by atoms with Crippen molar-refractivity contribution in [2.75, 3.05) is 17.8 Å². The number of amides is 1. The molecule has 0 N–H and O–H groups in total. The zero-order chi connectivity index (χ0) is 19.4. The number of amidine groups is 1. The largest absolute Gasteiger partial charge is 0.495 e. The number of carbonyl (C=O) groups is 1. The van der Waals surface area contributed by atoms with E-state index in [-0.39, 0.29) is 5.91 Å². The highest BCUT2D eigenvalue weighted by Gasteiger charge is 2.32. The Kier molecular flexibility index (Phi) is 6.24. The number of benzene rings is 2. The van der Waals surface area contributed by atoms with Gasteiger partial charge < -0.3 is 4.74 Å². The van der Waals surface area contributed by atoms with Crippen LogP contribution in [-0.4, -0.2) is 23.9 Å². The van der Waals surface area contributed by atoms with Crippen LogP contribution in [0.3, 0.4) is 0 Å². The molecule has 1 heterocycles. The number of aliphatic imine (C=N–C) groups is 1. The van der Waals surface area contributed by atoms with Crippen molar-refractivity contribution in [3.05, 3.63) is 64.3 Å². The predicted molar refractivity (Wildman–Crippen MR) is 115 cm³/mol. The minimum absolute atomic E-state index is 0.160. The van der Waals surface area contributed by atoms with E-state index in [1.54, 1.807) is 24.1 Å². The van der Waals surface area contributed by atoms with E-state index < -0.39 is 0 Å². The van der Waals surface area contributed by atoms with Crippen LogP contribution in [0.4, 0.5) is 5.69 Å². The molecule has 1 amide bonds. The van der Waals surface area contributed by atoms with Crippen molar-refractivity contribution in [1.82, 2.24) is 0 Å². The Morgan fingerprint density at radius 2 is 1.93 bits per heavy atom. The Hall–Kier alpha value is -2.24. The molecule has 0 saturated carbocycles. The number of methoxy groups -OCH3 is 1. The fourth-order valence-corrected chi connectivity index (χ4v) is 3.74. The fourth-order valence-electron chi connectivity index (χ4n) is 2.75. The number of ether oxygens (including phenoxy) is 1. The lowest BCUT2D eigenvalue weighted by atomic mass is 10.1. The van der Waals surface area contributed by atoms with Crippen molar-refractivity contribution in [1.29, 1.82) is 0 Å². The first-order valence-electron chi connectivity index (χ1n) is 8.77. The average Bonchev–Trinajstić information content (AvgIpc) is 2.97. The SMILES string of the molecule is CCSC1=N/C(=C/c2ccc(CC)cc2)C(=O)N1c1ccc(OC)c(Cl)c1. The van der Waals surface area contributed by atoms with E-state index >= 15 is 0 Å². The summed E-state index contributed by atoms with van der Waals surface area (Å²) < 4.78 is 5.20. The maximum Gasteiger partial charge on any atom is 0.283 e. The molecule has 0 bridgehead atoms. The summed E-state index contributed by atoms with van der Waals surface area (Å²) in [6.45, 7) is 4.15. The van der Waals surface area contributed by atoms with Crippen LogP contribution < -0.4 is 9.64 Å². The molecule has 4 nitrogen and oxygen atoms in total. The minimum Gasteiger partial charge on any atom is -0.495 e. The molecule has 6 heteroatoms. The molecule has 0 saturated heterocycles. The molecule has 0 spiro atoms. The van der Waals surface area contributed by atoms with Gasteiger partial charge in [-0.2, -0.15) is 0 Å². The smallest absolute Gasteiger partial charge is 0.283 e. The van der Waals surface area contributed by atoms with Crippen LogP contribution in [0.25, 0.3) is 6.08 Å². The van der Waals surface area contributed by atoms with Crippen molar-refractivity contribution in [2.24, 2.45) is 4.99 Å². The summed E-state index contributed by atoms with van der Waals surface area (Å²) >= 11 is 7.77. The van der Waals surface area contributed by atoms with Crippen molar-refractivity contribution < 1.29 is 9.53 Å². The van der Waals surface area contributed by atoms with Crippen LogP contribution in [0, 0.1) is 0 Å². The highest BCUT2D eigenvalue weighted by molar-refractivity contribution is 8.14. The zero-order valence-electron chi connectivity index (χ0n) is 15.5. The minimum atomic E-state index is -0.160. The summed E-state index contributed by atoms with van der Waals surface area (Å²) in [6, 6.07) is 13.4. The summed E-state index contributed by atoms with van der Waals surface area (Å²) in [4.78, 5) is 19.2. The van der Waals surface area contributed by atoms with E-state index in [1.165, 1.54) is 17.3 Å². The number of thioether (sulfide) groups is 1. The van der Waals surface area contributed by atoms with Gasteiger partial charge in [-0.15, -0.1) is 0 Å². The molecule has 0 radical (unpaired) electrons. The van der Waals surface area contributed by atoms with Crippen LogP contribution in [0.2, 0.25) is 5.02 Å². The zero-order valence-corrected chi connectivity index (χ0v) is 17.1. The lowest BCUT2D eigenvalue weighted by molar-refractivity contribution is -0.113. The number of halogens is 1. The quantitative estimate of drug-likeness (QED) is 0.630. The molecule has 0 aromatic heterocycles. The molecule has 2 aromatic carbocycles. The number of nitrogens with zero attached hydrogens (tertiary/aromatic N) is 2. The molecule has 1 aliphatic rings. The molecule has 0 fully saturated rings. The third-order valence-electron chi connectivity index (χ3n) is 4.19. The summed E-state index contributed by atoms with van der Waals surface area (Å²) in [5.41, 5.74) is 3.31. The van der Waals surface area contributed by atoms with Crippen LogP contribution >= 0.6 is 23.4 Å². The third-order valence-corrected chi connectivity index (χ3v) is 5.30. The van der Waals surface area contributed by atoms with Gasteiger partial charge in [0.05, 0.1) is 17.8 Å². The fraction of sp³-hybridized carbons (Fsp3) is 0.238. The number of hydrogen-bond donors (Lipinski definition) is 0. The predicted octanol–water partition coefficient (Wildman–Crippen LogP) is 5.41. The lowest BCUT2D eigenvalue weighted by Crippen LogP contribution is -2.30. The summed E-state index contributed by atoms with van der Waals surface area (Å²) in [5, 5.41) is 1.11. The standard InChI is InChI=1S/C21H21ClN2O2S/c1-4-14-6-8-15(9-7-14)12-18-20(25)24(21(23-18)27-5-2)16-10-11-19(26-3)17(22)13-16/h6-13H,4-5H2,1-3H3/b18-12+. The van der Waals surface area contributed by atoms with Crippen LogP contribution in [0.15, 0.2) is 53.2 Å². The van der Waals surface area contributed by atoms with Crippen molar-refractivity contribution in [2.45, 2.75) is 20.3 Å². The molecule has 3 rings (SSSR count). The maximum absolute atomic E-state index is 13.0. The van der Waals surface area contributed by atoms with E-state index in [0.717, 1.165) is 17.7 Å². The molecule has 0 unspecified atom stereocenters. The van der Waals surface area contributed by atoms with Gasteiger partial charge in [-0.3, -0.25) is 9.69 Å². The topological polar surface area (TPSA) is 41.9 Å². The number of hydrogen-bond acceptors (Lipinski definition) is 4. The third kappa shape index (κ3) is 4.20. The summed E-state index contributed by atoms with van der Waals surface area (Å²) in [6.07, 6.45) is 2.81. The monoisotopic (exact) mass is 400 g/mol. The van der Waals surface area contributed by atoms with E-state index in [0.29, 0.717) is 27.3 Å². The van der Waals surface area contributed by atoms with Gasteiger partial charge >= 0.3 is 0 Å². The van der Waals surface area contributed by atoms with Crippen LogP contribution in [0.1, 0.15) is 25.0 Å². The highest BCUT2D eigenvalue weighted by Crippen LogP contribution is 2.34. The van der Waals surface area contributed by atoms with Crippen LogP contribution in [0.5, 0.6) is 5.75 Å². The number of rotatable bonds is 5. The number of carbonyl (C=O) groups excluding carboxylic acids is 1. The average molecular weight is 401 g/mol. The Balaban J connectivity index is 1.96. The Labute approximate surface area is 168 Å². The van der Waals surface area contributed by atoms with Gasteiger partial charge in [-0.05, 0) is 47.6 Å². The van der Waals surface area contributed by atoms with Gasteiger partial charge in [0.2, 0.25) is 0 Å². The number of anilines is 1. The van der Waals surface area contributed by atoms with Gasteiger partial charge in [0.25, 0.3) is 5.91 Å². The molecule has 0 atom stereocenters. The second-order valence-corrected chi connectivity index (χ2v) is 7.55. The van der Waals surface area contributed by atoms with Gasteiger partial charge in [-0.1, -0.05) is 61.5 Å². The summed E-state index contributed by atoms with van der Waals surface area (Å²) in [5.74, 6) is 1.22. The summed E-state index contributed by atoms with van der Waals surface area (Å²) in [7, 11) is 1.56. The molecule has 0 aliphatic carbocycles. The first-order chi connectivity index (χ1) is 13.1. The molecular weight excluding hydrogens is 380 g/mol. The van der Waals surface area contributed by atoms with E-state index in [2.05, 4.69) is 24.0 Å². The molecule has 27 heavy (non-hydrogen) atoms. The maximum atomic E-state index is 13.0. The Bertz CT molecular complexity index is 907. The van der Waals surface area contributed by atoms with Crippen molar-refractivity contribution in [3.8, 4) is 5.75 Å². The Morgan fingerprint density at radius 1 is 1.19 bits per heavy atom. The van der Waals surface area contributed by atoms with Crippen LogP contribution in [-0.2, 0) is 11.2 Å². The van der Waals surface area contributed by atoms with E-state index in [9.17, 15) is 4.79 Å². The normalized spacial score (nSPS) is 15.4. The van der Waals surface area contributed by atoms with Crippen molar-refractivity contribution in [3.63, 3.8) is 0 Å². The molecule has 1 aliphatic heterocycles. The van der Waals surface area contributed by atoms with Gasteiger partial charge in [0.1, 0.15) is 11.4 Å². The van der Waals surface area contributed by atoms with E-state index in [1.807, 2.05) is 31.2 Å². The van der Waals surface area contributed by atoms with Crippen molar-refractivity contribution >= 4 is 46.2 Å². The lowest BCUT2D eigenvalue weighted by Gasteiger charge is -2.18. The first kappa shape index (κ1) is 19.5. The second kappa shape index (κ2) is 8.63. The highest BCUT2D eigenvalue weighted by atomic mass is 35.5. The Morgan fingerprint density at radius 3 is 2.52 bits per heavy atom.